The fraction of sp³-hybridized carbons (Fsp3) is 0.698. The zero-order valence-corrected chi connectivity index (χ0v) is 39.1. The first-order valence-corrected chi connectivity index (χ1v) is 26.1. The second-order valence-electron chi connectivity index (χ2n) is 16.2. The van der Waals surface area contributed by atoms with E-state index in [1.165, 1.54) is 200 Å². The van der Waals surface area contributed by atoms with Gasteiger partial charge in [0.05, 0.1) is 6.08 Å². The van der Waals surface area contributed by atoms with Crippen LogP contribution in [0.3, 0.4) is 0 Å². The normalized spacial score (nSPS) is 11.4. The summed E-state index contributed by atoms with van der Waals surface area (Å²) in [5, 5.41) is 0. The van der Waals surface area contributed by atoms with Crippen molar-refractivity contribution < 1.29 is 22.8 Å². The van der Waals surface area contributed by atoms with Gasteiger partial charge in [-0.25, -0.2) is 0 Å². The maximum atomic E-state index is 9.13. The van der Waals surface area contributed by atoms with Crippen molar-refractivity contribution in [2.75, 3.05) is 0 Å². The number of rotatable bonds is 35. The summed E-state index contributed by atoms with van der Waals surface area (Å²) in [6.45, 7) is 11.4. The van der Waals surface area contributed by atoms with Crippen LogP contribution in [0, 0.1) is 0 Å². The minimum absolute atomic E-state index is 0.951. The second kappa shape index (κ2) is 39.8. The van der Waals surface area contributed by atoms with E-state index in [9.17, 15) is 0 Å². The van der Waals surface area contributed by atoms with Gasteiger partial charge in [0, 0.05) is 0 Å². The Hall–Kier alpha value is -2.00. The maximum Gasteiger partial charge on any atom is 0.299 e. The fourth-order valence-corrected chi connectivity index (χ4v) is 9.34. The van der Waals surface area contributed by atoms with Gasteiger partial charge in [0.15, 0.2) is 0 Å². The summed E-state index contributed by atoms with van der Waals surface area (Å²) < 4.78 is 0. The summed E-state index contributed by atoms with van der Waals surface area (Å²) in [5.41, 5.74) is 16.9. The average molecular weight is 860 g/mol. The summed E-state index contributed by atoms with van der Waals surface area (Å²) in [6.07, 6.45) is 42.4. The molecule has 0 aromatic heterocycles. The molecule has 0 atom stereocenters. The molecule has 2 nitrogen and oxygen atoms in total. The van der Waals surface area contributed by atoms with E-state index in [0.29, 0.717) is 0 Å². The third-order valence-corrected chi connectivity index (χ3v) is 13.1. The molecule has 0 aliphatic heterocycles. The van der Waals surface area contributed by atoms with Crippen molar-refractivity contribution in [1.82, 2.24) is 0 Å². The van der Waals surface area contributed by atoms with Gasteiger partial charge >= 0.3 is 144 Å². The number of hydrogen-bond acceptors (Lipinski definition) is 0. The zero-order valence-electron chi connectivity index (χ0n) is 37.5. The largest absolute Gasteiger partial charge is 0.348 e. The first-order valence-electron chi connectivity index (χ1n) is 23.9. The van der Waals surface area contributed by atoms with E-state index in [1.54, 1.807) is 9.79 Å². The van der Waals surface area contributed by atoms with Gasteiger partial charge in [-0.05, 0) is 71.9 Å². The monoisotopic (exact) mass is 859 g/mol. The van der Waals surface area contributed by atoms with Gasteiger partial charge in [-0.3, -0.25) is 0 Å². The van der Waals surface area contributed by atoms with Crippen molar-refractivity contribution >= 4 is 11.4 Å². The van der Waals surface area contributed by atoms with Crippen LogP contribution in [0.25, 0.3) is 11.1 Å². The molecule has 2 rings (SSSR count). The number of nitrogens with zero attached hydrogens (tertiary/aromatic N) is 2. The van der Waals surface area contributed by atoms with E-state index in [2.05, 4.69) is 93.8 Å². The number of hydrogen-bond donors (Lipinski definition) is 0. The van der Waals surface area contributed by atoms with E-state index >= 15 is 0 Å². The van der Waals surface area contributed by atoms with Crippen LogP contribution in [0.2, 0.25) is 9.79 Å². The molecule has 320 valence electrons. The summed E-state index contributed by atoms with van der Waals surface area (Å²) in [7, 11) is 0. The Morgan fingerprint density at radius 3 is 1.34 bits per heavy atom. The Bertz CT molecular complexity index is 1280. The van der Waals surface area contributed by atoms with Crippen molar-refractivity contribution in [1.29, 1.82) is 0 Å². The van der Waals surface area contributed by atoms with Crippen LogP contribution in [0.15, 0.2) is 60.2 Å². The second-order valence-corrected chi connectivity index (χ2v) is 18.5. The van der Waals surface area contributed by atoms with Gasteiger partial charge in [0.1, 0.15) is 0 Å². The smallest absolute Gasteiger partial charge is 0.299 e. The molecular formula is C53H88N2Pd. The molecule has 0 amide bonds. The molecule has 3 heteroatoms. The number of allylic oxidation sites excluding steroid dienone is 2. The average Bonchev–Trinajstić information content (AvgIpc) is 3.22. The minimum atomic E-state index is 0.951. The fourth-order valence-electron chi connectivity index (χ4n) is 7.40. The first kappa shape index (κ1) is 52.0. The van der Waals surface area contributed by atoms with Crippen molar-refractivity contribution in [3.63, 3.8) is 0 Å². The minimum Gasteiger partial charge on any atom is -0.348 e. The molecule has 0 radical (unpaired) electrons. The Balaban J connectivity index is 0.000000640. The van der Waals surface area contributed by atoms with Gasteiger partial charge in [-0.15, -0.1) is 4.79 Å². The van der Waals surface area contributed by atoms with Crippen LogP contribution in [0.1, 0.15) is 237 Å². The van der Waals surface area contributed by atoms with Crippen molar-refractivity contribution in [3.8, 4) is 0 Å². The number of aryl methyl sites for hydroxylation is 2. The Morgan fingerprint density at radius 1 is 0.500 bits per heavy atom. The zero-order chi connectivity index (χ0) is 40.6. The Kier molecular flexibility index (Phi) is 37.0. The van der Waals surface area contributed by atoms with Crippen LogP contribution in [0.5, 0.6) is 0 Å². The van der Waals surface area contributed by atoms with Crippen LogP contribution < -0.4 is 0 Å². The molecule has 0 saturated heterocycles. The van der Waals surface area contributed by atoms with Crippen LogP contribution in [-0.4, -0.2) is 10.7 Å². The molecule has 2 aromatic rings. The van der Waals surface area contributed by atoms with Crippen molar-refractivity contribution in [2.24, 2.45) is 0 Å². The van der Waals surface area contributed by atoms with Gasteiger partial charge < -0.3 is 5.53 Å². The first-order chi connectivity index (χ1) is 27.6. The predicted molar refractivity (Wildman–Crippen MR) is 247 cm³/mol. The van der Waals surface area contributed by atoms with Crippen LogP contribution in [0.4, 0.5) is 0 Å². The van der Waals surface area contributed by atoms with Gasteiger partial charge in [0.2, 0.25) is 0 Å². The molecule has 56 heavy (non-hydrogen) atoms. The Labute approximate surface area is 357 Å². The molecule has 0 saturated carbocycles. The number of benzene rings is 2. The van der Waals surface area contributed by atoms with Crippen LogP contribution >= 0.6 is 0 Å². The van der Waals surface area contributed by atoms with Crippen molar-refractivity contribution in [3.05, 3.63) is 88.0 Å². The molecule has 0 fully saturated rings. The van der Waals surface area contributed by atoms with E-state index < -0.39 is 0 Å². The Morgan fingerprint density at radius 2 is 0.893 bits per heavy atom. The summed E-state index contributed by atoms with van der Waals surface area (Å²) in [5.74, 6) is 2.72. The topological polar surface area (TPSA) is 36.4 Å². The predicted octanol–water partition coefficient (Wildman–Crippen LogP) is 18.0. The van der Waals surface area contributed by atoms with E-state index in [4.69, 9.17) is 5.53 Å². The van der Waals surface area contributed by atoms with E-state index in [1.807, 2.05) is 6.08 Å². The van der Waals surface area contributed by atoms with E-state index in [-0.39, 0.29) is 0 Å². The van der Waals surface area contributed by atoms with Gasteiger partial charge in [-0.2, -0.15) is 0 Å². The number of unbranched alkanes of at least 4 members (excludes halogenated alkanes) is 22. The standard InChI is InChI=1S/C33H46N2.2C10H21.Pd/c1-4-7-10-11-12-14-18-29-20-16-23-32(27-29)33(30(24-25-35-34)21-13-8-5-2)31-22-15-19-28(26-31)17-9-6-3;2*1-3-5-7-9-10-8-6-4-2;/h15-16,19-20,22-24,26-27H,4-14,17-18,21H2,1-3H3;2*1,3-10H2,2H3;. The molecule has 0 bridgehead atoms. The van der Waals surface area contributed by atoms with Gasteiger partial charge in [-0.1, -0.05) is 121 Å². The molecule has 0 aliphatic rings. The summed E-state index contributed by atoms with van der Waals surface area (Å²) in [4.78, 5) is 6.26. The van der Waals surface area contributed by atoms with Gasteiger partial charge in [0.25, 0.3) is 5.87 Å². The quantitative estimate of drug-likeness (QED) is 0.0165. The molecule has 0 spiro atoms. The third kappa shape index (κ3) is 28.4. The molecule has 2 aromatic carbocycles. The molecular weight excluding hydrogens is 771 g/mol. The van der Waals surface area contributed by atoms with E-state index in [0.717, 1.165) is 43.7 Å². The summed E-state index contributed by atoms with van der Waals surface area (Å²) >= 11 is 1.07. The van der Waals surface area contributed by atoms with Crippen LogP contribution in [-0.2, 0) is 30.8 Å². The SMILES string of the molecule is CCCCCCCCC[CH2][Pd][CH2]CCCCCCCCC.CCCCCCCCc1cccc(C(=C(C=C=[N+]=[N-])CCCCC)c2cccc(CCCC)c2)c1. The maximum absolute atomic E-state index is 9.13. The van der Waals surface area contributed by atoms with Crippen molar-refractivity contribution in [2.45, 2.75) is 237 Å². The molecule has 0 unspecified atom stereocenters. The third-order valence-electron chi connectivity index (χ3n) is 10.9. The molecule has 0 N–H and O–H groups in total. The molecule has 0 heterocycles. The summed E-state index contributed by atoms with van der Waals surface area (Å²) in [6, 6.07) is 18.1. The molecule has 0 aliphatic carbocycles.